The number of methoxy groups -OCH3 is 1. The molecule has 0 saturated heterocycles. The fourth-order valence-corrected chi connectivity index (χ4v) is 3.66. The Morgan fingerprint density at radius 1 is 1.37 bits per heavy atom. The molecule has 0 N–H and O–H groups in total. The van der Waals surface area contributed by atoms with Crippen LogP contribution in [0.3, 0.4) is 0 Å². The number of hydrogen-bond acceptors (Lipinski definition) is 6. The van der Waals surface area contributed by atoms with Crippen LogP contribution in [0, 0.1) is 29.1 Å². The third-order valence-corrected chi connectivity index (χ3v) is 5.17. The Hall–Kier alpha value is -2.62. The van der Waals surface area contributed by atoms with Crippen molar-refractivity contribution in [3.05, 3.63) is 33.7 Å². The molecule has 7 heteroatoms. The van der Waals surface area contributed by atoms with Crippen LogP contribution in [0.4, 0.5) is 0 Å². The predicted molar refractivity (Wildman–Crippen MR) is 98.0 cm³/mol. The molecule has 7 nitrogen and oxygen atoms in total. The minimum Gasteiger partial charge on any atom is -0.465 e. The van der Waals surface area contributed by atoms with E-state index in [4.69, 9.17) is 10.00 Å². The predicted octanol–water partition coefficient (Wildman–Crippen LogP) is 2.51. The molecule has 1 heterocycles. The van der Waals surface area contributed by atoms with Crippen LogP contribution in [0.15, 0.2) is 17.1 Å². The molecule has 1 saturated carbocycles. The molecule has 0 radical (unpaired) electrons. The Labute approximate surface area is 158 Å². The lowest BCUT2D eigenvalue weighted by Gasteiger charge is -2.36. The summed E-state index contributed by atoms with van der Waals surface area (Å²) in [6, 6.07) is 2.90. The number of esters is 2. The van der Waals surface area contributed by atoms with E-state index in [1.165, 1.54) is 13.3 Å². The number of aromatic nitrogens is 1. The number of carbonyl (C=O) groups excluding carboxylic acids is 2. The highest BCUT2D eigenvalue weighted by molar-refractivity contribution is 5.89. The molecular weight excluding hydrogens is 348 g/mol. The van der Waals surface area contributed by atoms with E-state index in [9.17, 15) is 14.4 Å². The van der Waals surface area contributed by atoms with Crippen molar-refractivity contribution in [3.8, 4) is 6.07 Å². The lowest BCUT2D eigenvalue weighted by molar-refractivity contribution is -0.156. The minimum absolute atomic E-state index is 0.0350. The van der Waals surface area contributed by atoms with E-state index in [1.54, 1.807) is 6.07 Å². The first kappa shape index (κ1) is 20.7. The van der Waals surface area contributed by atoms with Gasteiger partial charge in [0, 0.05) is 6.20 Å². The molecule has 0 bridgehead atoms. The summed E-state index contributed by atoms with van der Waals surface area (Å²) in [7, 11) is 1.20. The minimum atomic E-state index is -0.686. The van der Waals surface area contributed by atoms with Gasteiger partial charge in [0.05, 0.1) is 12.7 Å². The largest absolute Gasteiger partial charge is 0.465 e. The Kier molecular flexibility index (Phi) is 6.78. The molecule has 1 aliphatic rings. The van der Waals surface area contributed by atoms with E-state index in [-0.39, 0.29) is 29.7 Å². The quantitative estimate of drug-likeness (QED) is 0.735. The van der Waals surface area contributed by atoms with Gasteiger partial charge in [-0.2, -0.15) is 5.26 Å². The number of nitriles is 1. The smallest absolute Gasteiger partial charge is 0.339 e. The van der Waals surface area contributed by atoms with Gasteiger partial charge in [0.2, 0.25) is 0 Å². The number of nitrogens with zero attached hydrogens (tertiary/aromatic N) is 2. The van der Waals surface area contributed by atoms with E-state index < -0.39 is 17.5 Å². The van der Waals surface area contributed by atoms with Gasteiger partial charge in [-0.25, -0.2) is 4.79 Å². The topological polar surface area (TPSA) is 98.4 Å². The van der Waals surface area contributed by atoms with Gasteiger partial charge in [-0.15, -0.1) is 0 Å². The van der Waals surface area contributed by atoms with Crippen LogP contribution in [0.1, 0.15) is 56.0 Å². The molecule has 0 spiro atoms. The zero-order valence-electron chi connectivity index (χ0n) is 16.2. The van der Waals surface area contributed by atoms with Gasteiger partial charge in [-0.3, -0.25) is 9.59 Å². The maximum atomic E-state index is 12.5. The Morgan fingerprint density at radius 3 is 2.67 bits per heavy atom. The van der Waals surface area contributed by atoms with Gasteiger partial charge in [-0.05, 0) is 36.7 Å². The average Bonchev–Trinajstić information content (AvgIpc) is 2.62. The molecule has 0 aromatic carbocycles. The summed E-state index contributed by atoms with van der Waals surface area (Å²) in [6.45, 7) is 6.02. The molecule has 1 aliphatic carbocycles. The maximum absolute atomic E-state index is 12.5. The highest BCUT2D eigenvalue weighted by atomic mass is 16.5. The molecule has 0 aliphatic heterocycles. The van der Waals surface area contributed by atoms with Gasteiger partial charge < -0.3 is 14.0 Å². The molecular formula is C20H26N2O5. The van der Waals surface area contributed by atoms with Crippen LogP contribution in [-0.2, 0) is 20.8 Å². The Bertz CT molecular complexity index is 806. The van der Waals surface area contributed by atoms with E-state index in [0.717, 1.165) is 29.9 Å². The molecule has 2 rings (SSSR count). The van der Waals surface area contributed by atoms with Crippen molar-refractivity contribution in [1.29, 1.82) is 5.26 Å². The zero-order valence-corrected chi connectivity index (χ0v) is 16.2. The highest BCUT2D eigenvalue weighted by Gasteiger charge is 2.33. The van der Waals surface area contributed by atoms with Crippen molar-refractivity contribution in [2.24, 2.45) is 17.8 Å². The molecule has 1 fully saturated rings. The number of ether oxygens (including phenoxy) is 2. The Morgan fingerprint density at radius 2 is 2.07 bits per heavy atom. The molecule has 0 amide bonds. The van der Waals surface area contributed by atoms with E-state index in [0.29, 0.717) is 11.8 Å². The SMILES string of the molecule is COC(=O)c1cc(C#N)c(=O)n(CC(=O)O[C@@H]2C[C@@H](C)CC[C@@H]2C(C)C)c1. The fraction of sp³-hybridized carbons (Fsp3) is 0.600. The second kappa shape index (κ2) is 8.85. The van der Waals surface area contributed by atoms with Crippen molar-refractivity contribution < 1.29 is 19.1 Å². The first-order valence-corrected chi connectivity index (χ1v) is 9.19. The standard InChI is InChI=1S/C20H26N2O5/c1-12(2)16-6-5-13(3)7-17(16)27-18(23)11-22-10-15(20(25)26-4)8-14(9-21)19(22)24/h8,10,12-13,16-17H,5-7,11H2,1-4H3/t13-,16+,17+/m0/s1. The number of pyridine rings is 1. The molecule has 27 heavy (non-hydrogen) atoms. The van der Waals surface area contributed by atoms with Crippen molar-refractivity contribution in [3.63, 3.8) is 0 Å². The second-order valence-electron chi connectivity index (χ2n) is 7.53. The summed E-state index contributed by atoms with van der Waals surface area (Å²) in [6.07, 6.45) is 3.96. The fourth-order valence-electron chi connectivity index (χ4n) is 3.66. The summed E-state index contributed by atoms with van der Waals surface area (Å²) < 4.78 is 11.4. The molecule has 3 atom stereocenters. The van der Waals surface area contributed by atoms with Gasteiger partial charge in [0.25, 0.3) is 5.56 Å². The molecule has 0 unspecified atom stereocenters. The van der Waals surface area contributed by atoms with Crippen molar-refractivity contribution in [1.82, 2.24) is 4.57 Å². The molecule has 146 valence electrons. The Balaban J connectivity index is 2.20. The zero-order chi connectivity index (χ0) is 20.1. The lowest BCUT2D eigenvalue weighted by atomic mass is 9.75. The maximum Gasteiger partial charge on any atom is 0.339 e. The first-order chi connectivity index (χ1) is 12.8. The van der Waals surface area contributed by atoms with Gasteiger partial charge in [-0.1, -0.05) is 27.2 Å². The van der Waals surface area contributed by atoms with Gasteiger partial charge in [0.15, 0.2) is 0 Å². The van der Waals surface area contributed by atoms with Crippen molar-refractivity contribution in [2.75, 3.05) is 7.11 Å². The highest BCUT2D eigenvalue weighted by Crippen LogP contribution is 2.35. The van der Waals surface area contributed by atoms with E-state index >= 15 is 0 Å². The van der Waals surface area contributed by atoms with Crippen molar-refractivity contribution >= 4 is 11.9 Å². The van der Waals surface area contributed by atoms with Gasteiger partial charge in [0.1, 0.15) is 24.3 Å². The van der Waals surface area contributed by atoms with Crippen LogP contribution < -0.4 is 5.56 Å². The lowest BCUT2D eigenvalue weighted by Crippen LogP contribution is -2.37. The van der Waals surface area contributed by atoms with Crippen LogP contribution >= 0.6 is 0 Å². The second-order valence-corrected chi connectivity index (χ2v) is 7.53. The first-order valence-electron chi connectivity index (χ1n) is 9.19. The third-order valence-electron chi connectivity index (χ3n) is 5.17. The summed E-state index contributed by atoms with van der Waals surface area (Å²) in [4.78, 5) is 36.5. The average molecular weight is 374 g/mol. The monoisotopic (exact) mass is 374 g/mol. The number of rotatable bonds is 5. The number of hydrogen-bond donors (Lipinski definition) is 0. The summed E-state index contributed by atoms with van der Waals surface area (Å²) in [5.74, 6) is -0.0699. The molecule has 1 aromatic heterocycles. The number of carbonyl (C=O) groups is 2. The normalized spacial score (nSPS) is 22.1. The summed E-state index contributed by atoms with van der Waals surface area (Å²) in [5, 5.41) is 9.11. The van der Waals surface area contributed by atoms with E-state index in [2.05, 4.69) is 25.5 Å². The molecule has 1 aromatic rings. The van der Waals surface area contributed by atoms with Gasteiger partial charge >= 0.3 is 11.9 Å². The third kappa shape index (κ3) is 4.97. The van der Waals surface area contributed by atoms with Crippen LogP contribution in [0.2, 0.25) is 0 Å². The van der Waals surface area contributed by atoms with Crippen LogP contribution in [0.5, 0.6) is 0 Å². The van der Waals surface area contributed by atoms with Crippen molar-refractivity contribution in [2.45, 2.75) is 52.7 Å². The van der Waals surface area contributed by atoms with Crippen LogP contribution in [-0.4, -0.2) is 29.7 Å². The summed E-state index contributed by atoms with van der Waals surface area (Å²) in [5.41, 5.74) is -0.829. The summed E-state index contributed by atoms with van der Waals surface area (Å²) >= 11 is 0. The van der Waals surface area contributed by atoms with E-state index in [1.807, 2.05) is 0 Å². The van der Waals surface area contributed by atoms with Crippen LogP contribution in [0.25, 0.3) is 0 Å².